The van der Waals surface area contributed by atoms with Gasteiger partial charge in [-0.15, -0.1) is 0 Å². The van der Waals surface area contributed by atoms with E-state index in [2.05, 4.69) is 0 Å². The third-order valence-electron chi connectivity index (χ3n) is 3.38. The number of Topliss-reactive ketones (excluding diaryl/α,β-unsaturated/α-hetero) is 1. The minimum Gasteiger partial charge on any atom is -0.349 e. The summed E-state index contributed by atoms with van der Waals surface area (Å²) in [5.41, 5.74) is 0.997. The summed E-state index contributed by atoms with van der Waals surface area (Å²) >= 11 is 0. The average molecular weight is 258 g/mol. The van der Waals surface area contributed by atoms with Gasteiger partial charge in [-0.05, 0) is 11.6 Å². The fourth-order valence-corrected chi connectivity index (χ4v) is 2.31. The first-order chi connectivity index (χ1) is 9.22. The predicted molar refractivity (Wildman–Crippen MR) is 73.7 cm³/mol. The van der Waals surface area contributed by atoms with Crippen molar-refractivity contribution in [2.24, 2.45) is 5.92 Å². The Morgan fingerprint density at radius 1 is 1.16 bits per heavy atom. The van der Waals surface area contributed by atoms with Crippen LogP contribution in [0.2, 0.25) is 0 Å². The summed E-state index contributed by atoms with van der Waals surface area (Å²) in [5.74, 6) is -1.33. The summed E-state index contributed by atoms with van der Waals surface area (Å²) in [6.45, 7) is 0. The molecule has 1 aliphatic carbocycles. The van der Waals surface area contributed by atoms with Crippen LogP contribution in [-0.4, -0.2) is 25.8 Å². The highest BCUT2D eigenvalue weighted by Crippen LogP contribution is 2.30. The van der Waals surface area contributed by atoms with Crippen LogP contribution < -0.4 is 0 Å². The summed E-state index contributed by atoms with van der Waals surface area (Å²) in [4.78, 5) is 12.5. The van der Waals surface area contributed by atoms with Crippen molar-refractivity contribution in [1.82, 2.24) is 0 Å². The van der Waals surface area contributed by atoms with E-state index in [1.54, 1.807) is 20.3 Å². The Hall–Kier alpha value is -1.71. The van der Waals surface area contributed by atoms with E-state index in [9.17, 15) is 4.79 Å². The molecular formula is C16H18O3. The first kappa shape index (κ1) is 13.7. The standard InChI is InChI=1S/C16H18O3/c1-18-16(19-2)11-7-6-10-14(16)15(17)12-13-8-4-3-5-9-13/h3-11,14H,12H2,1-2H3. The predicted octanol–water partition coefficient (Wildman–Crippen LogP) is 2.53. The first-order valence-corrected chi connectivity index (χ1v) is 6.25. The Kier molecular flexibility index (Phi) is 4.30. The van der Waals surface area contributed by atoms with Crippen LogP contribution >= 0.6 is 0 Å². The zero-order valence-corrected chi connectivity index (χ0v) is 11.2. The number of ketones is 1. The lowest BCUT2D eigenvalue weighted by Gasteiger charge is -2.34. The summed E-state index contributed by atoms with van der Waals surface area (Å²) in [6.07, 6.45) is 7.67. The molecule has 0 amide bonds. The van der Waals surface area contributed by atoms with Gasteiger partial charge in [0.15, 0.2) is 0 Å². The van der Waals surface area contributed by atoms with Gasteiger partial charge >= 0.3 is 0 Å². The largest absolute Gasteiger partial charge is 0.349 e. The molecule has 0 fully saturated rings. The van der Waals surface area contributed by atoms with Gasteiger partial charge in [-0.25, -0.2) is 0 Å². The number of methoxy groups -OCH3 is 2. The van der Waals surface area contributed by atoms with Gasteiger partial charge in [0, 0.05) is 20.6 Å². The van der Waals surface area contributed by atoms with Gasteiger partial charge in [0.1, 0.15) is 5.78 Å². The molecule has 100 valence electrons. The zero-order valence-electron chi connectivity index (χ0n) is 11.2. The Morgan fingerprint density at radius 2 is 1.84 bits per heavy atom. The highest BCUT2D eigenvalue weighted by molar-refractivity contribution is 5.86. The molecule has 0 aliphatic heterocycles. The molecule has 3 nitrogen and oxygen atoms in total. The SMILES string of the molecule is COC1(OC)C=CC=CC1C(=O)Cc1ccccc1. The van der Waals surface area contributed by atoms with Crippen molar-refractivity contribution in [3.05, 3.63) is 60.2 Å². The number of ether oxygens (including phenoxy) is 2. The first-order valence-electron chi connectivity index (χ1n) is 6.25. The van der Waals surface area contributed by atoms with E-state index in [1.807, 2.05) is 48.6 Å². The minimum atomic E-state index is -0.986. The molecule has 3 heteroatoms. The van der Waals surface area contributed by atoms with Crippen molar-refractivity contribution in [2.45, 2.75) is 12.2 Å². The topological polar surface area (TPSA) is 35.5 Å². The molecule has 0 saturated heterocycles. The number of benzene rings is 1. The van der Waals surface area contributed by atoms with Crippen LogP contribution in [0.3, 0.4) is 0 Å². The van der Waals surface area contributed by atoms with E-state index < -0.39 is 11.7 Å². The van der Waals surface area contributed by atoms with Crippen LogP contribution in [0.15, 0.2) is 54.6 Å². The van der Waals surface area contributed by atoms with Crippen molar-refractivity contribution >= 4 is 5.78 Å². The van der Waals surface area contributed by atoms with Gasteiger partial charge in [-0.3, -0.25) is 4.79 Å². The molecule has 2 rings (SSSR count). The lowest BCUT2D eigenvalue weighted by molar-refractivity contribution is -0.196. The van der Waals surface area contributed by atoms with E-state index in [4.69, 9.17) is 9.47 Å². The maximum Gasteiger partial charge on any atom is 0.201 e. The Balaban J connectivity index is 2.18. The van der Waals surface area contributed by atoms with Gasteiger partial charge in [0.2, 0.25) is 5.79 Å². The molecular weight excluding hydrogens is 240 g/mol. The number of carbonyl (C=O) groups is 1. The summed E-state index contributed by atoms with van der Waals surface area (Å²) in [6, 6.07) is 9.69. The van der Waals surface area contributed by atoms with Crippen LogP contribution in [0.25, 0.3) is 0 Å². The van der Waals surface area contributed by atoms with Gasteiger partial charge in [-0.1, -0.05) is 48.6 Å². The van der Waals surface area contributed by atoms with Crippen LogP contribution in [-0.2, 0) is 20.7 Å². The molecule has 0 heterocycles. The molecule has 0 aromatic heterocycles. The quantitative estimate of drug-likeness (QED) is 0.761. The monoisotopic (exact) mass is 258 g/mol. The van der Waals surface area contributed by atoms with Crippen molar-refractivity contribution < 1.29 is 14.3 Å². The third kappa shape index (κ3) is 2.83. The highest BCUT2D eigenvalue weighted by atomic mass is 16.7. The van der Waals surface area contributed by atoms with Crippen molar-refractivity contribution in [3.63, 3.8) is 0 Å². The third-order valence-corrected chi connectivity index (χ3v) is 3.38. The second-order valence-electron chi connectivity index (χ2n) is 4.48. The van der Waals surface area contributed by atoms with Crippen LogP contribution in [0.5, 0.6) is 0 Å². The van der Waals surface area contributed by atoms with Gasteiger partial charge in [0.25, 0.3) is 0 Å². The molecule has 0 saturated carbocycles. The zero-order chi connectivity index (χ0) is 13.7. The Labute approximate surface area is 113 Å². The van der Waals surface area contributed by atoms with Crippen molar-refractivity contribution in [2.75, 3.05) is 14.2 Å². The van der Waals surface area contributed by atoms with Crippen molar-refractivity contribution in [1.29, 1.82) is 0 Å². The molecule has 0 N–H and O–H groups in total. The van der Waals surface area contributed by atoms with E-state index in [0.29, 0.717) is 6.42 Å². The smallest absolute Gasteiger partial charge is 0.201 e. The fraction of sp³-hybridized carbons (Fsp3) is 0.312. The average Bonchev–Trinajstić information content (AvgIpc) is 2.48. The number of hydrogen-bond acceptors (Lipinski definition) is 3. The molecule has 0 bridgehead atoms. The van der Waals surface area contributed by atoms with Gasteiger partial charge in [0.05, 0.1) is 5.92 Å². The van der Waals surface area contributed by atoms with Crippen LogP contribution in [0, 0.1) is 5.92 Å². The maximum absolute atomic E-state index is 12.5. The Bertz CT molecular complexity index is 484. The molecule has 19 heavy (non-hydrogen) atoms. The molecule has 1 aromatic carbocycles. The van der Waals surface area contributed by atoms with E-state index >= 15 is 0 Å². The van der Waals surface area contributed by atoms with E-state index in [1.165, 1.54) is 0 Å². The summed E-state index contributed by atoms with van der Waals surface area (Å²) in [7, 11) is 3.10. The Morgan fingerprint density at radius 3 is 2.47 bits per heavy atom. The highest BCUT2D eigenvalue weighted by Gasteiger charge is 2.40. The number of allylic oxidation sites excluding steroid dienone is 2. The summed E-state index contributed by atoms with van der Waals surface area (Å²) in [5, 5.41) is 0. The maximum atomic E-state index is 12.5. The van der Waals surface area contributed by atoms with E-state index in [-0.39, 0.29) is 5.78 Å². The fourth-order valence-electron chi connectivity index (χ4n) is 2.31. The number of hydrogen-bond donors (Lipinski definition) is 0. The molecule has 0 radical (unpaired) electrons. The van der Waals surface area contributed by atoms with Crippen LogP contribution in [0.4, 0.5) is 0 Å². The second-order valence-corrected chi connectivity index (χ2v) is 4.48. The molecule has 1 aliphatic rings. The summed E-state index contributed by atoms with van der Waals surface area (Å²) < 4.78 is 10.8. The number of rotatable bonds is 5. The molecule has 1 aromatic rings. The van der Waals surface area contributed by atoms with Gasteiger partial charge < -0.3 is 9.47 Å². The lowest BCUT2D eigenvalue weighted by atomic mass is 9.87. The second kappa shape index (κ2) is 5.95. The van der Waals surface area contributed by atoms with Crippen LogP contribution in [0.1, 0.15) is 5.56 Å². The van der Waals surface area contributed by atoms with Crippen molar-refractivity contribution in [3.8, 4) is 0 Å². The van der Waals surface area contributed by atoms with E-state index in [0.717, 1.165) is 5.56 Å². The molecule has 1 unspecified atom stereocenters. The molecule has 0 spiro atoms. The molecule has 1 atom stereocenters. The lowest BCUT2D eigenvalue weighted by Crippen LogP contribution is -2.44. The normalized spacial score (nSPS) is 20.4. The number of carbonyl (C=O) groups excluding carboxylic acids is 1. The minimum absolute atomic E-state index is 0.0792. The van der Waals surface area contributed by atoms with Gasteiger partial charge in [-0.2, -0.15) is 0 Å².